The highest BCUT2D eigenvalue weighted by Crippen LogP contribution is 2.25. The van der Waals surface area contributed by atoms with E-state index in [1.165, 1.54) is 0 Å². The van der Waals surface area contributed by atoms with E-state index in [4.69, 9.17) is 0 Å². The normalized spacial score (nSPS) is 12.2. The number of aromatic nitrogens is 2. The Labute approximate surface area is 109 Å². The van der Waals surface area contributed by atoms with E-state index in [0.717, 1.165) is 6.54 Å². The van der Waals surface area contributed by atoms with Gasteiger partial charge in [0.2, 0.25) is 0 Å². The monoisotopic (exact) mass is 251 g/mol. The van der Waals surface area contributed by atoms with E-state index in [1.54, 1.807) is 17.0 Å². The number of nitrogens with zero attached hydrogens (tertiary/aromatic N) is 2. The number of hydrogen-bond donors (Lipinski definition) is 1. The lowest BCUT2D eigenvalue weighted by atomic mass is 9.81. The van der Waals surface area contributed by atoms with Crippen molar-refractivity contribution in [3.63, 3.8) is 0 Å². The topological polar surface area (TPSA) is 46.9 Å². The molecule has 0 radical (unpaired) electrons. The van der Waals surface area contributed by atoms with Crippen molar-refractivity contribution in [3.8, 4) is 0 Å². The molecule has 0 atom stereocenters. The van der Waals surface area contributed by atoms with Crippen molar-refractivity contribution >= 4 is 5.82 Å². The summed E-state index contributed by atoms with van der Waals surface area (Å²) in [5.74, 6) is 0.987. The fourth-order valence-corrected chi connectivity index (χ4v) is 1.47. The van der Waals surface area contributed by atoms with Gasteiger partial charge in [-0.1, -0.05) is 27.7 Å². The van der Waals surface area contributed by atoms with Crippen LogP contribution in [0.15, 0.2) is 17.2 Å². The minimum atomic E-state index is -0.0490. The molecule has 4 heteroatoms. The first kappa shape index (κ1) is 14.7. The van der Waals surface area contributed by atoms with Gasteiger partial charge in [0.05, 0.1) is 0 Å². The minimum absolute atomic E-state index is 0.0490. The Kier molecular flexibility index (Phi) is 4.54. The molecule has 0 aromatic carbocycles. The maximum absolute atomic E-state index is 12.1. The van der Waals surface area contributed by atoms with Crippen LogP contribution in [0.3, 0.4) is 0 Å². The predicted molar refractivity (Wildman–Crippen MR) is 76.0 cm³/mol. The molecule has 0 saturated carbocycles. The van der Waals surface area contributed by atoms with Crippen LogP contribution in [-0.4, -0.2) is 16.1 Å². The van der Waals surface area contributed by atoms with Gasteiger partial charge in [0.1, 0.15) is 0 Å². The summed E-state index contributed by atoms with van der Waals surface area (Å²) in [4.78, 5) is 16.3. The van der Waals surface area contributed by atoms with Crippen molar-refractivity contribution < 1.29 is 0 Å². The van der Waals surface area contributed by atoms with Gasteiger partial charge in [-0.3, -0.25) is 4.79 Å². The number of anilines is 1. The molecule has 0 bridgehead atoms. The number of rotatable bonds is 5. The van der Waals surface area contributed by atoms with Crippen molar-refractivity contribution in [2.24, 2.45) is 11.3 Å². The molecule has 1 aromatic rings. The average Bonchev–Trinajstić information content (AvgIpc) is 2.27. The van der Waals surface area contributed by atoms with E-state index in [9.17, 15) is 4.79 Å². The summed E-state index contributed by atoms with van der Waals surface area (Å²) in [6, 6.07) is 0.152. The van der Waals surface area contributed by atoms with Crippen LogP contribution >= 0.6 is 0 Å². The molecule has 0 amide bonds. The van der Waals surface area contributed by atoms with Crippen LogP contribution in [-0.2, 0) is 0 Å². The zero-order valence-electron chi connectivity index (χ0n) is 12.3. The van der Waals surface area contributed by atoms with Crippen LogP contribution in [0.25, 0.3) is 0 Å². The van der Waals surface area contributed by atoms with E-state index in [0.29, 0.717) is 11.7 Å². The fourth-order valence-electron chi connectivity index (χ4n) is 1.47. The van der Waals surface area contributed by atoms with Crippen LogP contribution in [0.1, 0.15) is 47.6 Å². The van der Waals surface area contributed by atoms with Gasteiger partial charge in [-0.05, 0) is 25.2 Å². The SMILES string of the molecule is CC(C)n1ccnc(NCC(C)(C)C(C)C)c1=O. The molecule has 0 fully saturated rings. The van der Waals surface area contributed by atoms with E-state index in [-0.39, 0.29) is 17.0 Å². The van der Waals surface area contributed by atoms with Crippen molar-refractivity contribution in [2.75, 3.05) is 11.9 Å². The molecule has 0 aliphatic rings. The summed E-state index contributed by atoms with van der Waals surface area (Å²) in [5.41, 5.74) is 0.0825. The van der Waals surface area contributed by atoms with E-state index >= 15 is 0 Å². The van der Waals surface area contributed by atoms with Crippen molar-refractivity contribution in [3.05, 3.63) is 22.7 Å². The van der Waals surface area contributed by atoms with Crippen LogP contribution < -0.4 is 10.9 Å². The Bertz CT molecular complexity index is 447. The zero-order valence-corrected chi connectivity index (χ0v) is 12.3. The van der Waals surface area contributed by atoms with Gasteiger partial charge in [0.15, 0.2) is 5.82 Å². The maximum atomic E-state index is 12.1. The highest BCUT2D eigenvalue weighted by molar-refractivity contribution is 5.31. The summed E-state index contributed by atoms with van der Waals surface area (Å²) in [6.45, 7) is 13.5. The Hall–Kier alpha value is -1.32. The summed E-state index contributed by atoms with van der Waals surface area (Å²) in [5, 5.41) is 3.19. The Morgan fingerprint density at radius 2 is 1.94 bits per heavy atom. The Balaban J connectivity index is 2.87. The fraction of sp³-hybridized carbons (Fsp3) is 0.714. The molecule has 0 unspecified atom stereocenters. The molecule has 1 heterocycles. The first-order chi connectivity index (χ1) is 8.25. The Morgan fingerprint density at radius 1 is 1.33 bits per heavy atom. The summed E-state index contributed by atoms with van der Waals surface area (Å²) < 4.78 is 1.69. The zero-order chi connectivity index (χ0) is 13.9. The van der Waals surface area contributed by atoms with Crippen molar-refractivity contribution in [1.29, 1.82) is 0 Å². The molecule has 0 spiro atoms. The van der Waals surface area contributed by atoms with Crippen molar-refractivity contribution in [2.45, 2.75) is 47.6 Å². The molecule has 1 rings (SSSR count). The lowest BCUT2D eigenvalue weighted by Gasteiger charge is -2.29. The van der Waals surface area contributed by atoms with Crippen molar-refractivity contribution in [1.82, 2.24) is 9.55 Å². The maximum Gasteiger partial charge on any atom is 0.293 e. The second-order valence-corrected chi connectivity index (χ2v) is 6.08. The highest BCUT2D eigenvalue weighted by atomic mass is 16.1. The third kappa shape index (κ3) is 3.34. The molecule has 1 aromatic heterocycles. The molecule has 0 saturated heterocycles. The first-order valence-electron chi connectivity index (χ1n) is 6.56. The van der Waals surface area contributed by atoms with Gasteiger partial charge in [0.25, 0.3) is 5.56 Å². The average molecular weight is 251 g/mol. The second kappa shape index (κ2) is 5.55. The second-order valence-electron chi connectivity index (χ2n) is 6.08. The van der Waals surface area contributed by atoms with Gasteiger partial charge < -0.3 is 9.88 Å². The summed E-state index contributed by atoms with van der Waals surface area (Å²) in [7, 11) is 0. The van der Waals surface area contributed by atoms with Gasteiger partial charge in [-0.15, -0.1) is 0 Å². The number of hydrogen-bond acceptors (Lipinski definition) is 3. The van der Waals surface area contributed by atoms with Crippen LogP contribution in [0.4, 0.5) is 5.82 Å². The van der Waals surface area contributed by atoms with E-state index < -0.39 is 0 Å². The molecule has 1 N–H and O–H groups in total. The van der Waals surface area contributed by atoms with E-state index in [1.807, 2.05) is 13.8 Å². The minimum Gasteiger partial charge on any atom is -0.365 e. The smallest absolute Gasteiger partial charge is 0.293 e. The van der Waals surface area contributed by atoms with Crippen LogP contribution in [0.2, 0.25) is 0 Å². The molecule has 4 nitrogen and oxygen atoms in total. The lowest BCUT2D eigenvalue weighted by Crippen LogP contribution is -2.32. The third-order valence-corrected chi connectivity index (χ3v) is 3.70. The van der Waals surface area contributed by atoms with Gasteiger partial charge >= 0.3 is 0 Å². The lowest BCUT2D eigenvalue weighted by molar-refractivity contribution is 0.269. The third-order valence-electron chi connectivity index (χ3n) is 3.70. The van der Waals surface area contributed by atoms with Crippen LogP contribution in [0, 0.1) is 11.3 Å². The largest absolute Gasteiger partial charge is 0.365 e. The first-order valence-corrected chi connectivity index (χ1v) is 6.56. The molecular formula is C14H25N3O. The highest BCUT2D eigenvalue weighted by Gasteiger charge is 2.22. The standard InChI is InChI=1S/C14H25N3O/c1-10(2)14(5,6)9-16-12-13(18)17(11(3)4)8-7-15-12/h7-8,10-11H,9H2,1-6H3,(H,15,16). The predicted octanol–water partition coefficient (Wildman–Crippen LogP) is 2.92. The number of nitrogens with one attached hydrogen (secondary N) is 1. The summed E-state index contributed by atoms with van der Waals surface area (Å²) in [6.07, 6.45) is 3.40. The van der Waals surface area contributed by atoms with Gasteiger partial charge in [-0.25, -0.2) is 4.98 Å². The van der Waals surface area contributed by atoms with Crippen LogP contribution in [0.5, 0.6) is 0 Å². The summed E-state index contributed by atoms with van der Waals surface area (Å²) >= 11 is 0. The quantitative estimate of drug-likeness (QED) is 0.875. The molecule has 0 aliphatic heterocycles. The van der Waals surface area contributed by atoms with E-state index in [2.05, 4.69) is 38.0 Å². The molecule has 18 heavy (non-hydrogen) atoms. The molecule has 0 aliphatic carbocycles. The van der Waals surface area contributed by atoms with Gasteiger partial charge in [-0.2, -0.15) is 0 Å². The molecular weight excluding hydrogens is 226 g/mol. The molecule has 102 valence electrons. The van der Waals surface area contributed by atoms with Gasteiger partial charge in [0, 0.05) is 25.0 Å². The Morgan fingerprint density at radius 3 is 2.44 bits per heavy atom.